The minimum Gasteiger partial charge on any atom is -0.393 e. The molecule has 0 aliphatic carbocycles. The van der Waals surface area contributed by atoms with Crippen LogP contribution < -0.4 is 0 Å². The fourth-order valence-corrected chi connectivity index (χ4v) is 1.31. The molecule has 4 N–H and O–H groups in total. The van der Waals surface area contributed by atoms with E-state index in [-0.39, 0.29) is 6.61 Å². The molecule has 3 atom stereocenters. The van der Waals surface area contributed by atoms with E-state index in [1.54, 1.807) is 13.8 Å². The quantitative estimate of drug-likeness (QED) is 0.474. The van der Waals surface area contributed by atoms with Gasteiger partial charge in [-0.15, -0.1) is 0 Å². The number of hydrogen-bond donors (Lipinski definition) is 4. The Kier molecular flexibility index (Phi) is 6.27. The largest absolute Gasteiger partial charge is 0.393 e. The van der Waals surface area contributed by atoms with Crippen molar-refractivity contribution >= 4 is 0 Å². The van der Waals surface area contributed by atoms with Crippen molar-refractivity contribution < 1.29 is 20.4 Å². The van der Waals surface area contributed by atoms with Crippen LogP contribution in [0.4, 0.5) is 0 Å². The summed E-state index contributed by atoms with van der Waals surface area (Å²) in [4.78, 5) is 0. The molecule has 0 heterocycles. The predicted octanol–water partition coefficient (Wildman–Crippen LogP) is 0.0318. The van der Waals surface area contributed by atoms with E-state index in [1.165, 1.54) is 0 Å². The number of rotatable bonds is 7. The van der Waals surface area contributed by atoms with E-state index in [0.29, 0.717) is 25.7 Å². The summed E-state index contributed by atoms with van der Waals surface area (Å²) in [7, 11) is 0. The summed E-state index contributed by atoms with van der Waals surface area (Å²) in [5.74, 6) is 0. The van der Waals surface area contributed by atoms with Gasteiger partial charge in [0.15, 0.2) is 0 Å². The summed E-state index contributed by atoms with van der Waals surface area (Å²) in [5, 5.41) is 36.6. The molecule has 4 nitrogen and oxygen atoms in total. The van der Waals surface area contributed by atoms with E-state index in [1.807, 2.05) is 0 Å². The topological polar surface area (TPSA) is 80.9 Å². The van der Waals surface area contributed by atoms with E-state index < -0.39 is 17.8 Å². The summed E-state index contributed by atoms with van der Waals surface area (Å²) in [5.41, 5.74) is -1.05. The second-order valence-corrected chi connectivity index (χ2v) is 4.29. The van der Waals surface area contributed by atoms with Gasteiger partial charge in [0, 0.05) is 0 Å². The first kappa shape index (κ1) is 13.8. The summed E-state index contributed by atoms with van der Waals surface area (Å²) in [6.45, 7) is 2.93. The Morgan fingerprint density at radius 3 is 2.29 bits per heavy atom. The second-order valence-electron chi connectivity index (χ2n) is 4.29. The first-order valence-electron chi connectivity index (χ1n) is 5.07. The molecule has 0 fully saturated rings. The van der Waals surface area contributed by atoms with Gasteiger partial charge < -0.3 is 20.4 Å². The van der Waals surface area contributed by atoms with Gasteiger partial charge in [0.05, 0.1) is 24.4 Å². The minimum absolute atomic E-state index is 0.264. The lowest BCUT2D eigenvalue weighted by Gasteiger charge is -2.21. The average Bonchev–Trinajstić information content (AvgIpc) is 2.02. The van der Waals surface area contributed by atoms with Crippen molar-refractivity contribution in [3.8, 4) is 0 Å². The van der Waals surface area contributed by atoms with Crippen LogP contribution in [0.3, 0.4) is 0 Å². The molecule has 86 valence electrons. The van der Waals surface area contributed by atoms with Crippen LogP contribution in [0.25, 0.3) is 0 Å². The molecule has 0 radical (unpaired) electrons. The van der Waals surface area contributed by atoms with Crippen LogP contribution in [-0.4, -0.2) is 44.8 Å². The molecule has 0 amide bonds. The monoisotopic (exact) mass is 206 g/mol. The van der Waals surface area contributed by atoms with Gasteiger partial charge >= 0.3 is 0 Å². The highest BCUT2D eigenvalue weighted by Crippen LogP contribution is 2.15. The van der Waals surface area contributed by atoms with Crippen LogP contribution in [0, 0.1) is 0 Å². The van der Waals surface area contributed by atoms with Crippen LogP contribution in [0.1, 0.15) is 39.5 Å². The third-order valence-corrected chi connectivity index (χ3v) is 2.21. The molecule has 4 heteroatoms. The predicted molar refractivity (Wildman–Crippen MR) is 53.9 cm³/mol. The lowest BCUT2D eigenvalue weighted by molar-refractivity contribution is -0.0102. The highest BCUT2D eigenvalue weighted by Gasteiger charge is 2.19. The zero-order chi connectivity index (χ0) is 11.2. The van der Waals surface area contributed by atoms with E-state index >= 15 is 0 Å². The molecule has 0 rings (SSSR count). The second kappa shape index (κ2) is 6.35. The maximum Gasteiger partial charge on any atom is 0.0849 e. The van der Waals surface area contributed by atoms with Gasteiger partial charge in [-0.05, 0) is 39.5 Å². The lowest BCUT2D eigenvalue weighted by Crippen LogP contribution is -2.29. The van der Waals surface area contributed by atoms with Crippen molar-refractivity contribution in [2.45, 2.75) is 57.3 Å². The van der Waals surface area contributed by atoms with Gasteiger partial charge in [0.25, 0.3) is 0 Å². The third kappa shape index (κ3) is 7.26. The van der Waals surface area contributed by atoms with Crippen LogP contribution in [-0.2, 0) is 0 Å². The van der Waals surface area contributed by atoms with Crippen LogP contribution in [0.5, 0.6) is 0 Å². The maximum absolute atomic E-state index is 9.44. The van der Waals surface area contributed by atoms with Crippen molar-refractivity contribution in [1.82, 2.24) is 0 Å². The maximum atomic E-state index is 9.44. The van der Waals surface area contributed by atoms with Gasteiger partial charge in [-0.3, -0.25) is 0 Å². The molecule has 14 heavy (non-hydrogen) atoms. The van der Waals surface area contributed by atoms with Crippen molar-refractivity contribution in [2.75, 3.05) is 6.61 Å². The number of aliphatic hydroxyl groups is 4. The molecule has 3 unspecified atom stereocenters. The molecule has 0 spiro atoms. The molecule has 0 saturated carbocycles. The molecule has 0 aromatic heterocycles. The summed E-state index contributed by atoms with van der Waals surface area (Å²) in [6.07, 6.45) is 0.984. The van der Waals surface area contributed by atoms with Crippen molar-refractivity contribution in [3.05, 3.63) is 0 Å². The molecule has 0 bridgehead atoms. The van der Waals surface area contributed by atoms with Gasteiger partial charge in [0.1, 0.15) is 0 Å². The van der Waals surface area contributed by atoms with Gasteiger partial charge in [-0.2, -0.15) is 0 Å². The van der Waals surface area contributed by atoms with Gasteiger partial charge in [0.2, 0.25) is 0 Å². The Labute approximate surface area is 85.2 Å². The summed E-state index contributed by atoms with van der Waals surface area (Å²) >= 11 is 0. The fraction of sp³-hybridized carbons (Fsp3) is 1.00. The van der Waals surface area contributed by atoms with E-state index in [4.69, 9.17) is 10.2 Å². The van der Waals surface area contributed by atoms with Crippen molar-refractivity contribution in [2.24, 2.45) is 0 Å². The molecule has 0 aromatic carbocycles. The van der Waals surface area contributed by atoms with Crippen molar-refractivity contribution in [1.29, 1.82) is 0 Å². The molecule has 0 aliphatic heterocycles. The Morgan fingerprint density at radius 1 is 1.29 bits per heavy atom. The highest BCUT2D eigenvalue weighted by atomic mass is 16.3. The molecule has 0 saturated heterocycles. The van der Waals surface area contributed by atoms with Crippen LogP contribution >= 0.6 is 0 Å². The van der Waals surface area contributed by atoms with E-state index in [9.17, 15) is 10.2 Å². The zero-order valence-electron chi connectivity index (χ0n) is 8.98. The van der Waals surface area contributed by atoms with E-state index in [2.05, 4.69) is 0 Å². The SMILES string of the molecule is CC(O)CC(O)CCCC(C)(O)CO. The Hall–Kier alpha value is -0.160. The zero-order valence-corrected chi connectivity index (χ0v) is 8.98. The summed E-state index contributed by atoms with van der Waals surface area (Å²) < 4.78 is 0. The molecule has 0 aliphatic rings. The van der Waals surface area contributed by atoms with Crippen molar-refractivity contribution in [3.63, 3.8) is 0 Å². The first-order valence-corrected chi connectivity index (χ1v) is 5.07. The average molecular weight is 206 g/mol. The summed E-state index contributed by atoms with van der Waals surface area (Å²) in [6, 6.07) is 0. The smallest absolute Gasteiger partial charge is 0.0849 e. The Morgan fingerprint density at radius 2 is 1.86 bits per heavy atom. The molecular weight excluding hydrogens is 184 g/mol. The van der Waals surface area contributed by atoms with Gasteiger partial charge in [-0.25, -0.2) is 0 Å². The molecular formula is C10H22O4. The molecule has 0 aromatic rings. The number of aliphatic hydroxyl groups excluding tert-OH is 3. The normalized spacial score (nSPS) is 20.1. The minimum atomic E-state index is -1.05. The lowest BCUT2D eigenvalue weighted by atomic mass is 9.97. The van der Waals surface area contributed by atoms with E-state index in [0.717, 1.165) is 0 Å². The van der Waals surface area contributed by atoms with Crippen LogP contribution in [0.15, 0.2) is 0 Å². The third-order valence-electron chi connectivity index (χ3n) is 2.21. The Bertz CT molecular complexity index is 145. The highest BCUT2D eigenvalue weighted by molar-refractivity contribution is 4.71. The van der Waals surface area contributed by atoms with Crippen LogP contribution in [0.2, 0.25) is 0 Å². The number of hydrogen-bond acceptors (Lipinski definition) is 4. The van der Waals surface area contributed by atoms with Gasteiger partial charge in [-0.1, -0.05) is 0 Å². The fourth-order valence-electron chi connectivity index (χ4n) is 1.31. The first-order chi connectivity index (χ1) is 6.37. The standard InChI is InChI=1S/C10H22O4/c1-8(12)6-9(13)4-3-5-10(2,14)7-11/h8-9,11-14H,3-7H2,1-2H3. The Balaban J connectivity index is 3.53.